The van der Waals surface area contributed by atoms with Crippen molar-refractivity contribution >= 4 is 11.8 Å². The summed E-state index contributed by atoms with van der Waals surface area (Å²) in [6.07, 6.45) is 2.53. The molecule has 0 aliphatic carbocycles. The zero-order valence-corrected chi connectivity index (χ0v) is 12.0. The van der Waals surface area contributed by atoms with E-state index in [0.717, 1.165) is 19.3 Å². The number of hydrogen-bond acceptors (Lipinski definition) is 3. The first-order valence-electron chi connectivity index (χ1n) is 6.67. The predicted octanol–water partition coefficient (Wildman–Crippen LogP) is 1.42. The fourth-order valence-electron chi connectivity index (χ4n) is 1.80. The van der Waals surface area contributed by atoms with Gasteiger partial charge in [0.25, 0.3) is 0 Å². The first kappa shape index (κ1) is 16.9. The van der Waals surface area contributed by atoms with Gasteiger partial charge < -0.3 is 16.4 Å². The lowest BCUT2D eigenvalue weighted by atomic mass is 9.96. The molecule has 0 saturated heterocycles. The van der Waals surface area contributed by atoms with Gasteiger partial charge in [-0.15, -0.1) is 0 Å². The fraction of sp³-hybridized carbons (Fsp3) is 0.846. The first-order valence-corrected chi connectivity index (χ1v) is 6.67. The molecule has 0 fully saturated rings. The van der Waals surface area contributed by atoms with Gasteiger partial charge in [0, 0.05) is 18.5 Å². The highest BCUT2D eigenvalue weighted by atomic mass is 16.2. The second-order valence-corrected chi connectivity index (χ2v) is 5.22. The van der Waals surface area contributed by atoms with E-state index in [9.17, 15) is 9.59 Å². The number of urea groups is 1. The molecule has 0 saturated carbocycles. The summed E-state index contributed by atoms with van der Waals surface area (Å²) < 4.78 is 0. The van der Waals surface area contributed by atoms with E-state index < -0.39 is 6.03 Å². The number of ketones is 1. The second kappa shape index (κ2) is 8.91. The van der Waals surface area contributed by atoms with Crippen LogP contribution in [0.5, 0.6) is 0 Å². The number of unbranched alkanes of at least 4 members (excludes halogenated alkanes) is 1. The van der Waals surface area contributed by atoms with E-state index in [4.69, 9.17) is 5.73 Å². The molecule has 18 heavy (non-hydrogen) atoms. The summed E-state index contributed by atoms with van der Waals surface area (Å²) in [5, 5.41) is 5.84. The van der Waals surface area contributed by atoms with E-state index in [1.807, 2.05) is 27.7 Å². The molecule has 0 aliphatic rings. The Morgan fingerprint density at radius 1 is 1.11 bits per heavy atom. The maximum Gasteiger partial charge on any atom is 0.312 e. The van der Waals surface area contributed by atoms with Crippen molar-refractivity contribution in [1.82, 2.24) is 10.6 Å². The lowest BCUT2D eigenvalue weighted by Crippen LogP contribution is -2.42. The number of amides is 2. The monoisotopic (exact) mass is 257 g/mol. The molecule has 0 rings (SSSR count). The quantitative estimate of drug-likeness (QED) is 0.546. The van der Waals surface area contributed by atoms with Crippen molar-refractivity contribution in [1.29, 1.82) is 0 Å². The highest BCUT2D eigenvalue weighted by molar-refractivity contribution is 5.85. The minimum absolute atomic E-state index is 0.0463. The summed E-state index contributed by atoms with van der Waals surface area (Å²) in [4.78, 5) is 22.5. The second-order valence-electron chi connectivity index (χ2n) is 5.22. The van der Waals surface area contributed by atoms with Crippen LogP contribution in [-0.4, -0.2) is 30.4 Å². The number of primary amides is 1. The number of hydrogen-bond donors (Lipinski definition) is 3. The topological polar surface area (TPSA) is 84.2 Å². The molecule has 0 heterocycles. The van der Waals surface area contributed by atoms with Crippen LogP contribution < -0.4 is 16.4 Å². The van der Waals surface area contributed by atoms with Gasteiger partial charge in [0.1, 0.15) is 0 Å². The van der Waals surface area contributed by atoms with Crippen molar-refractivity contribution in [3.05, 3.63) is 0 Å². The van der Waals surface area contributed by atoms with Crippen LogP contribution in [0.2, 0.25) is 0 Å². The van der Waals surface area contributed by atoms with Crippen LogP contribution in [-0.2, 0) is 4.79 Å². The molecule has 0 unspecified atom stereocenters. The van der Waals surface area contributed by atoms with Gasteiger partial charge in [-0.3, -0.25) is 4.79 Å². The summed E-state index contributed by atoms with van der Waals surface area (Å²) in [5.74, 6) is 0.302. The van der Waals surface area contributed by atoms with Gasteiger partial charge in [0.05, 0.1) is 6.04 Å². The molecule has 106 valence electrons. The largest absolute Gasteiger partial charge is 0.352 e. The van der Waals surface area contributed by atoms with Crippen LogP contribution in [0.3, 0.4) is 0 Å². The molecule has 4 N–H and O–H groups in total. The normalized spacial score (nSPS) is 12.8. The molecule has 5 nitrogen and oxygen atoms in total. The minimum atomic E-state index is -0.495. The van der Waals surface area contributed by atoms with Crippen molar-refractivity contribution in [2.24, 2.45) is 11.7 Å². The van der Waals surface area contributed by atoms with E-state index in [2.05, 4.69) is 10.6 Å². The number of Topliss-reactive ketones (excluding diaryl/α,β-unsaturated/α-hetero) is 1. The summed E-state index contributed by atoms with van der Waals surface area (Å²) >= 11 is 0. The lowest BCUT2D eigenvalue weighted by Gasteiger charge is -2.21. The average molecular weight is 257 g/mol. The van der Waals surface area contributed by atoms with E-state index in [1.165, 1.54) is 0 Å². The van der Waals surface area contributed by atoms with Crippen LogP contribution in [0.15, 0.2) is 0 Å². The number of rotatable bonds is 9. The Bertz CT molecular complexity index is 265. The van der Waals surface area contributed by atoms with Crippen LogP contribution in [0.4, 0.5) is 4.79 Å². The minimum Gasteiger partial charge on any atom is -0.352 e. The summed E-state index contributed by atoms with van der Waals surface area (Å²) in [6, 6.07) is -0.287. The van der Waals surface area contributed by atoms with Crippen molar-refractivity contribution in [2.45, 2.75) is 59.0 Å². The van der Waals surface area contributed by atoms with Gasteiger partial charge in [-0.25, -0.2) is 4.79 Å². The molecule has 0 aliphatic heterocycles. The van der Waals surface area contributed by atoms with Gasteiger partial charge in [0.15, 0.2) is 5.78 Å². The van der Waals surface area contributed by atoms with Crippen molar-refractivity contribution in [3.63, 3.8) is 0 Å². The molecule has 0 aromatic carbocycles. The maximum absolute atomic E-state index is 12.0. The zero-order valence-electron chi connectivity index (χ0n) is 12.0. The van der Waals surface area contributed by atoms with E-state index in [1.54, 1.807) is 0 Å². The van der Waals surface area contributed by atoms with Crippen molar-refractivity contribution in [3.8, 4) is 0 Å². The summed E-state index contributed by atoms with van der Waals surface area (Å²) in [7, 11) is 0. The van der Waals surface area contributed by atoms with Gasteiger partial charge >= 0.3 is 6.03 Å². The van der Waals surface area contributed by atoms with E-state index >= 15 is 0 Å². The molecular formula is C13H27N3O2. The smallest absolute Gasteiger partial charge is 0.312 e. The Labute approximate surface area is 110 Å². The Balaban J connectivity index is 4.01. The van der Waals surface area contributed by atoms with Crippen molar-refractivity contribution < 1.29 is 9.59 Å². The third kappa shape index (κ3) is 8.06. The molecular weight excluding hydrogens is 230 g/mol. The molecule has 0 bridgehead atoms. The van der Waals surface area contributed by atoms with E-state index in [0.29, 0.717) is 12.6 Å². The third-order valence-electron chi connectivity index (χ3n) is 2.67. The lowest BCUT2D eigenvalue weighted by molar-refractivity contribution is -0.124. The Morgan fingerprint density at radius 2 is 1.72 bits per heavy atom. The van der Waals surface area contributed by atoms with Crippen LogP contribution in [0.25, 0.3) is 0 Å². The first-order chi connectivity index (χ1) is 8.34. The number of nitrogens with one attached hydrogen (secondary N) is 2. The number of nitrogens with two attached hydrogens (primary N) is 1. The maximum atomic E-state index is 12.0. The molecule has 0 aromatic heterocycles. The van der Waals surface area contributed by atoms with Gasteiger partial charge in [0.2, 0.25) is 0 Å². The SMILES string of the molecule is CC(C)N[C@@H](CCCCNC(N)=O)C(=O)C(C)C. The van der Waals surface area contributed by atoms with Crippen LogP contribution >= 0.6 is 0 Å². The Morgan fingerprint density at radius 3 is 2.17 bits per heavy atom. The standard InChI is InChI=1S/C13H27N3O2/c1-9(2)12(17)11(16-10(3)4)7-5-6-8-15-13(14)18/h9-11,16H,5-8H2,1-4H3,(H3,14,15,18)/t11-/m0/s1. The van der Waals surface area contributed by atoms with Crippen molar-refractivity contribution in [2.75, 3.05) is 6.54 Å². The zero-order chi connectivity index (χ0) is 14.1. The molecule has 0 radical (unpaired) electrons. The number of carbonyl (C=O) groups excluding carboxylic acids is 2. The summed E-state index contributed by atoms with van der Waals surface area (Å²) in [6.45, 7) is 8.49. The van der Waals surface area contributed by atoms with E-state index in [-0.39, 0.29) is 17.7 Å². The van der Waals surface area contributed by atoms with Gasteiger partial charge in [-0.2, -0.15) is 0 Å². The molecule has 0 spiro atoms. The molecule has 1 atom stereocenters. The van der Waals surface area contributed by atoms with Crippen LogP contribution in [0.1, 0.15) is 47.0 Å². The van der Waals surface area contributed by atoms with Gasteiger partial charge in [-0.1, -0.05) is 27.7 Å². The van der Waals surface area contributed by atoms with Crippen LogP contribution in [0, 0.1) is 5.92 Å². The molecule has 5 heteroatoms. The highest BCUT2D eigenvalue weighted by Gasteiger charge is 2.20. The highest BCUT2D eigenvalue weighted by Crippen LogP contribution is 2.08. The Kier molecular flexibility index (Phi) is 8.37. The average Bonchev–Trinajstić information content (AvgIpc) is 2.24. The number of carbonyl (C=O) groups is 2. The Hall–Kier alpha value is -1.10. The molecule has 2 amide bonds. The third-order valence-corrected chi connectivity index (χ3v) is 2.67. The molecule has 0 aromatic rings. The fourth-order valence-corrected chi connectivity index (χ4v) is 1.80. The summed E-state index contributed by atoms with van der Waals surface area (Å²) in [5.41, 5.74) is 4.97. The van der Waals surface area contributed by atoms with Gasteiger partial charge in [-0.05, 0) is 19.3 Å². The predicted molar refractivity (Wildman–Crippen MR) is 73.3 cm³/mol.